The molecule has 2 aromatic rings. The normalized spacial score (nSPS) is 11.0. The molecule has 1 N–H and O–H groups in total. The summed E-state index contributed by atoms with van der Waals surface area (Å²) < 4.78 is 25.6. The summed E-state index contributed by atoms with van der Waals surface area (Å²) in [6, 6.07) is 12.1. The molecule has 1 aromatic heterocycles. The van der Waals surface area contributed by atoms with E-state index < -0.39 is 10.0 Å². The van der Waals surface area contributed by atoms with Gasteiger partial charge in [-0.3, -0.25) is 14.1 Å². The first-order valence-electron chi connectivity index (χ1n) is 6.70. The minimum atomic E-state index is -3.49. The maximum absolute atomic E-state index is 12.2. The van der Waals surface area contributed by atoms with Gasteiger partial charge in [0, 0.05) is 26.0 Å². The molecule has 0 bridgehead atoms. The molecule has 0 unspecified atom stereocenters. The second-order valence-electron chi connectivity index (χ2n) is 4.62. The number of para-hydroxylation sites is 1. The van der Waals surface area contributed by atoms with Crippen molar-refractivity contribution in [2.24, 2.45) is 0 Å². The van der Waals surface area contributed by atoms with Gasteiger partial charge in [0.2, 0.25) is 10.0 Å². The van der Waals surface area contributed by atoms with Gasteiger partial charge in [-0.05, 0) is 24.3 Å². The van der Waals surface area contributed by atoms with Gasteiger partial charge in [-0.2, -0.15) is 0 Å². The first-order valence-corrected chi connectivity index (χ1v) is 8.31. The minimum absolute atomic E-state index is 0.0350. The van der Waals surface area contributed by atoms with E-state index in [1.807, 2.05) is 6.07 Å². The van der Waals surface area contributed by atoms with Crippen molar-refractivity contribution in [3.05, 3.63) is 60.4 Å². The fraction of sp³-hybridized carbons (Fsp3) is 0.200. The number of aromatic nitrogens is 1. The zero-order valence-electron chi connectivity index (χ0n) is 12.1. The van der Waals surface area contributed by atoms with E-state index in [0.717, 1.165) is 0 Å². The highest BCUT2D eigenvalue weighted by molar-refractivity contribution is 7.92. The molecule has 0 spiro atoms. The highest BCUT2D eigenvalue weighted by Gasteiger charge is 2.18. The molecule has 0 aliphatic carbocycles. The number of nitrogens with zero attached hydrogens (tertiary/aromatic N) is 2. The second-order valence-corrected chi connectivity index (χ2v) is 6.74. The van der Waals surface area contributed by atoms with E-state index in [-0.39, 0.29) is 18.2 Å². The molecule has 1 heterocycles. The summed E-state index contributed by atoms with van der Waals surface area (Å²) in [5, 5.41) is 2.58. The van der Waals surface area contributed by atoms with Crippen LogP contribution in [-0.2, 0) is 10.0 Å². The Morgan fingerprint density at radius 1 is 1.18 bits per heavy atom. The summed E-state index contributed by atoms with van der Waals surface area (Å²) >= 11 is 0. The first kappa shape index (κ1) is 16.0. The summed E-state index contributed by atoms with van der Waals surface area (Å²) in [7, 11) is -1.99. The van der Waals surface area contributed by atoms with Crippen LogP contribution in [0.1, 0.15) is 10.4 Å². The SMILES string of the molecule is CN(c1ccccc1)S(=O)(=O)CCNC(=O)c1cccnc1. The third kappa shape index (κ3) is 4.05. The van der Waals surface area contributed by atoms with Crippen molar-refractivity contribution in [1.82, 2.24) is 10.3 Å². The van der Waals surface area contributed by atoms with Crippen molar-refractivity contribution in [2.75, 3.05) is 23.7 Å². The molecule has 0 saturated heterocycles. The summed E-state index contributed by atoms with van der Waals surface area (Å²) in [4.78, 5) is 15.7. The minimum Gasteiger partial charge on any atom is -0.351 e. The number of anilines is 1. The van der Waals surface area contributed by atoms with Crippen molar-refractivity contribution in [3.8, 4) is 0 Å². The van der Waals surface area contributed by atoms with E-state index >= 15 is 0 Å². The van der Waals surface area contributed by atoms with Crippen molar-refractivity contribution in [3.63, 3.8) is 0 Å². The molecule has 7 heteroatoms. The van der Waals surface area contributed by atoms with Gasteiger partial charge in [0.1, 0.15) is 0 Å². The number of amides is 1. The van der Waals surface area contributed by atoms with Crippen molar-refractivity contribution >= 4 is 21.6 Å². The highest BCUT2D eigenvalue weighted by atomic mass is 32.2. The Balaban J connectivity index is 1.92. The zero-order valence-corrected chi connectivity index (χ0v) is 13.0. The quantitative estimate of drug-likeness (QED) is 0.870. The molecule has 1 amide bonds. The van der Waals surface area contributed by atoms with E-state index in [1.165, 1.54) is 17.5 Å². The van der Waals surface area contributed by atoms with E-state index in [2.05, 4.69) is 10.3 Å². The number of nitrogens with one attached hydrogen (secondary N) is 1. The van der Waals surface area contributed by atoms with Crippen LogP contribution in [-0.4, -0.2) is 38.7 Å². The van der Waals surface area contributed by atoms with Gasteiger partial charge in [0.05, 0.1) is 17.0 Å². The molecule has 0 atom stereocenters. The predicted molar refractivity (Wildman–Crippen MR) is 85.2 cm³/mol. The Labute approximate surface area is 129 Å². The lowest BCUT2D eigenvalue weighted by Gasteiger charge is -2.19. The Bertz CT molecular complexity index is 718. The number of carbonyl (C=O) groups is 1. The van der Waals surface area contributed by atoms with Crippen LogP contribution in [0.4, 0.5) is 5.69 Å². The molecule has 6 nitrogen and oxygen atoms in total. The van der Waals surface area contributed by atoms with E-state index in [4.69, 9.17) is 0 Å². The number of benzene rings is 1. The number of hydrogen-bond donors (Lipinski definition) is 1. The van der Waals surface area contributed by atoms with Crippen LogP contribution in [0.5, 0.6) is 0 Å². The summed E-state index contributed by atoms with van der Waals surface area (Å²) in [6.45, 7) is 0.0350. The average Bonchev–Trinajstić information content (AvgIpc) is 2.55. The Morgan fingerprint density at radius 2 is 1.91 bits per heavy atom. The zero-order chi connectivity index (χ0) is 16.0. The number of hydrogen-bond acceptors (Lipinski definition) is 4. The standard InChI is InChI=1S/C15H17N3O3S/c1-18(14-7-3-2-4-8-14)22(20,21)11-10-17-15(19)13-6-5-9-16-12-13/h2-9,12H,10-11H2,1H3,(H,17,19). The molecular weight excluding hydrogens is 302 g/mol. The largest absolute Gasteiger partial charge is 0.351 e. The van der Waals surface area contributed by atoms with Gasteiger partial charge in [0.15, 0.2) is 0 Å². The monoisotopic (exact) mass is 319 g/mol. The molecule has 116 valence electrons. The molecule has 1 aromatic carbocycles. The van der Waals surface area contributed by atoms with E-state index in [1.54, 1.807) is 42.6 Å². The van der Waals surface area contributed by atoms with E-state index in [9.17, 15) is 13.2 Å². The maximum Gasteiger partial charge on any atom is 0.252 e. The molecule has 0 aliphatic heterocycles. The fourth-order valence-corrected chi connectivity index (χ4v) is 2.90. The van der Waals surface area contributed by atoms with Crippen molar-refractivity contribution in [1.29, 1.82) is 0 Å². The summed E-state index contributed by atoms with van der Waals surface area (Å²) in [5.74, 6) is -0.518. The number of sulfonamides is 1. The van der Waals surface area contributed by atoms with Crippen LogP contribution in [0.2, 0.25) is 0 Å². The topological polar surface area (TPSA) is 79.4 Å². The van der Waals surface area contributed by atoms with Gasteiger partial charge in [-0.25, -0.2) is 8.42 Å². The Kier molecular flexibility index (Phi) is 5.11. The van der Waals surface area contributed by atoms with Gasteiger partial charge >= 0.3 is 0 Å². The van der Waals surface area contributed by atoms with E-state index in [0.29, 0.717) is 11.3 Å². The van der Waals surface area contributed by atoms with Crippen LogP contribution in [0.3, 0.4) is 0 Å². The van der Waals surface area contributed by atoms with Gasteiger partial charge in [-0.15, -0.1) is 0 Å². The lowest BCUT2D eigenvalue weighted by Crippen LogP contribution is -2.35. The number of pyridine rings is 1. The van der Waals surface area contributed by atoms with Crippen LogP contribution < -0.4 is 9.62 Å². The first-order chi connectivity index (χ1) is 10.5. The highest BCUT2D eigenvalue weighted by Crippen LogP contribution is 2.14. The van der Waals surface area contributed by atoms with Crippen LogP contribution in [0, 0.1) is 0 Å². The number of carbonyl (C=O) groups excluding carboxylic acids is 1. The molecule has 22 heavy (non-hydrogen) atoms. The van der Waals surface area contributed by atoms with Crippen molar-refractivity contribution in [2.45, 2.75) is 0 Å². The summed E-state index contributed by atoms with van der Waals surface area (Å²) in [5.41, 5.74) is 0.984. The van der Waals surface area contributed by atoms with Gasteiger partial charge in [-0.1, -0.05) is 18.2 Å². The maximum atomic E-state index is 12.2. The molecular formula is C15H17N3O3S. The second kappa shape index (κ2) is 7.04. The fourth-order valence-electron chi connectivity index (χ4n) is 1.83. The van der Waals surface area contributed by atoms with Gasteiger partial charge < -0.3 is 5.32 Å². The van der Waals surface area contributed by atoms with Crippen LogP contribution >= 0.6 is 0 Å². The molecule has 2 rings (SSSR count). The molecule has 0 radical (unpaired) electrons. The lowest BCUT2D eigenvalue weighted by atomic mass is 10.3. The average molecular weight is 319 g/mol. The third-order valence-electron chi connectivity index (χ3n) is 3.11. The number of rotatable bonds is 6. The molecule has 0 aliphatic rings. The summed E-state index contributed by atoms with van der Waals surface area (Å²) in [6.07, 6.45) is 3.00. The predicted octanol–water partition coefficient (Wildman–Crippen LogP) is 1.28. The van der Waals surface area contributed by atoms with Crippen LogP contribution in [0.15, 0.2) is 54.9 Å². The van der Waals surface area contributed by atoms with Crippen molar-refractivity contribution < 1.29 is 13.2 Å². The smallest absolute Gasteiger partial charge is 0.252 e. The Morgan fingerprint density at radius 3 is 2.55 bits per heavy atom. The third-order valence-corrected chi connectivity index (χ3v) is 4.87. The Hall–Kier alpha value is -2.41. The van der Waals surface area contributed by atoms with Gasteiger partial charge in [0.25, 0.3) is 5.91 Å². The molecule has 0 saturated carbocycles. The molecule has 0 fully saturated rings. The lowest BCUT2D eigenvalue weighted by molar-refractivity contribution is 0.0956. The van der Waals surface area contributed by atoms with Crippen LogP contribution in [0.25, 0.3) is 0 Å².